The quantitative estimate of drug-likeness (QED) is 0.788. The van der Waals surface area contributed by atoms with E-state index in [9.17, 15) is 35.9 Å². The van der Waals surface area contributed by atoms with Crippen LogP contribution in [-0.2, 0) is 22.2 Å². The van der Waals surface area contributed by atoms with E-state index in [0.717, 1.165) is 17.0 Å². The molecular formula is C17H17F6NO3. The highest BCUT2D eigenvalue weighted by Gasteiger charge is 2.64. The van der Waals surface area contributed by atoms with E-state index < -0.39 is 54.1 Å². The molecule has 1 N–H and O–H groups in total. The Morgan fingerprint density at radius 1 is 1.15 bits per heavy atom. The molecule has 0 bridgehead atoms. The summed E-state index contributed by atoms with van der Waals surface area (Å²) in [4.78, 5) is 24.4. The van der Waals surface area contributed by atoms with Gasteiger partial charge in [-0.25, -0.2) is 0 Å². The second kappa shape index (κ2) is 7.05. The van der Waals surface area contributed by atoms with Crippen molar-refractivity contribution in [2.45, 2.75) is 32.1 Å². The van der Waals surface area contributed by atoms with Crippen LogP contribution in [0.5, 0.6) is 0 Å². The van der Waals surface area contributed by atoms with Crippen molar-refractivity contribution in [2.24, 2.45) is 11.3 Å². The van der Waals surface area contributed by atoms with E-state index in [0.29, 0.717) is 5.56 Å². The maximum atomic E-state index is 13.2. The second-order valence-electron chi connectivity index (χ2n) is 6.69. The summed E-state index contributed by atoms with van der Waals surface area (Å²) in [6.45, 7) is 0.123. The van der Waals surface area contributed by atoms with Gasteiger partial charge in [0.15, 0.2) is 5.41 Å². The summed E-state index contributed by atoms with van der Waals surface area (Å²) >= 11 is 0. The van der Waals surface area contributed by atoms with Crippen LogP contribution in [0.2, 0.25) is 0 Å². The van der Waals surface area contributed by atoms with Crippen molar-refractivity contribution in [2.75, 3.05) is 13.1 Å². The minimum atomic E-state index is -5.00. The number of rotatable bonds is 4. The molecule has 1 aliphatic heterocycles. The van der Waals surface area contributed by atoms with Gasteiger partial charge in [-0.1, -0.05) is 19.1 Å². The minimum Gasteiger partial charge on any atom is -0.481 e. The van der Waals surface area contributed by atoms with Gasteiger partial charge < -0.3 is 10.0 Å². The first-order valence-electron chi connectivity index (χ1n) is 8.03. The molecular weight excluding hydrogens is 380 g/mol. The Kier molecular flexibility index (Phi) is 5.49. The lowest BCUT2D eigenvalue weighted by Gasteiger charge is -2.28. The summed E-state index contributed by atoms with van der Waals surface area (Å²) in [7, 11) is 0. The number of alkyl halides is 6. The number of hydrogen-bond acceptors (Lipinski definition) is 2. The van der Waals surface area contributed by atoms with Crippen LogP contribution < -0.4 is 0 Å². The summed E-state index contributed by atoms with van der Waals surface area (Å²) in [6, 6.07) is 4.13. The highest BCUT2D eigenvalue weighted by atomic mass is 19.4. The van der Waals surface area contributed by atoms with Crippen molar-refractivity contribution in [3.8, 4) is 0 Å². The smallest absolute Gasteiger partial charge is 0.416 e. The van der Waals surface area contributed by atoms with Crippen LogP contribution in [0, 0.1) is 11.3 Å². The third-order valence-electron chi connectivity index (χ3n) is 4.78. The van der Waals surface area contributed by atoms with Crippen molar-refractivity contribution in [1.29, 1.82) is 0 Å². The van der Waals surface area contributed by atoms with Crippen LogP contribution in [0.25, 0.3) is 0 Å². The number of likely N-dealkylation sites (tertiary alicyclic amines) is 1. The first-order valence-corrected chi connectivity index (χ1v) is 8.03. The zero-order valence-electron chi connectivity index (χ0n) is 14.2. The molecule has 0 radical (unpaired) electrons. The van der Waals surface area contributed by atoms with E-state index >= 15 is 0 Å². The number of carbonyl (C=O) groups excluding carboxylic acids is 1. The molecule has 10 heteroatoms. The Morgan fingerprint density at radius 2 is 1.70 bits per heavy atom. The van der Waals surface area contributed by atoms with E-state index in [1.165, 1.54) is 19.1 Å². The van der Waals surface area contributed by atoms with Crippen molar-refractivity contribution < 1.29 is 41.0 Å². The Balaban J connectivity index is 2.07. The molecule has 0 saturated carbocycles. The fraction of sp³-hybridized carbons (Fsp3) is 0.529. The number of hydrogen-bond donors (Lipinski definition) is 1. The molecule has 2 unspecified atom stereocenters. The van der Waals surface area contributed by atoms with E-state index in [1.54, 1.807) is 0 Å². The third kappa shape index (κ3) is 4.19. The van der Waals surface area contributed by atoms with Crippen LogP contribution in [-0.4, -0.2) is 41.1 Å². The van der Waals surface area contributed by atoms with Gasteiger partial charge in [-0.3, -0.25) is 9.59 Å². The molecule has 150 valence electrons. The van der Waals surface area contributed by atoms with Crippen LogP contribution in [0.1, 0.15) is 24.5 Å². The van der Waals surface area contributed by atoms with Gasteiger partial charge in [0.05, 0.1) is 5.56 Å². The molecule has 4 nitrogen and oxygen atoms in total. The molecule has 0 aliphatic carbocycles. The average Bonchev–Trinajstić information content (AvgIpc) is 3.00. The number of carboxylic acids is 1. The monoisotopic (exact) mass is 397 g/mol. The highest BCUT2D eigenvalue weighted by Crippen LogP contribution is 2.46. The molecule has 0 aromatic heterocycles. The lowest BCUT2D eigenvalue weighted by Crippen LogP contribution is -2.48. The zero-order chi connectivity index (χ0) is 20.6. The summed E-state index contributed by atoms with van der Waals surface area (Å²) in [5, 5.41) is 9.01. The molecule has 1 heterocycles. The molecule has 1 amide bonds. The van der Waals surface area contributed by atoms with E-state index in [1.807, 2.05) is 0 Å². The van der Waals surface area contributed by atoms with E-state index in [4.69, 9.17) is 5.11 Å². The van der Waals surface area contributed by atoms with E-state index in [2.05, 4.69) is 0 Å². The van der Waals surface area contributed by atoms with Gasteiger partial charge >= 0.3 is 18.3 Å². The van der Waals surface area contributed by atoms with Gasteiger partial charge in [0.1, 0.15) is 0 Å². The number of carboxylic acid groups (broad SMARTS) is 1. The predicted octanol–water partition coefficient (Wildman–Crippen LogP) is 3.75. The largest absolute Gasteiger partial charge is 0.481 e. The lowest BCUT2D eigenvalue weighted by atomic mass is 9.86. The maximum Gasteiger partial charge on any atom is 0.416 e. The van der Waals surface area contributed by atoms with Crippen molar-refractivity contribution in [3.63, 3.8) is 0 Å². The fourth-order valence-corrected chi connectivity index (χ4v) is 3.11. The number of carbonyl (C=O) groups is 2. The molecule has 0 spiro atoms. The normalized spacial score (nSPS) is 22.0. The summed E-state index contributed by atoms with van der Waals surface area (Å²) in [6.07, 6.45) is -10.2. The number of benzene rings is 1. The lowest BCUT2D eigenvalue weighted by molar-refractivity contribution is -0.227. The van der Waals surface area contributed by atoms with Crippen LogP contribution in [0.3, 0.4) is 0 Å². The molecule has 1 aliphatic rings. The van der Waals surface area contributed by atoms with Gasteiger partial charge in [-0.05, 0) is 30.5 Å². The Labute approximate surface area is 150 Å². The summed E-state index contributed by atoms with van der Waals surface area (Å²) in [5.41, 5.74) is -3.42. The SMILES string of the molecule is CC(Cc1ccc(C(F)(F)F)cc1)C(=O)N1CCC(C(=O)O)(C(F)(F)F)C1. The molecule has 1 fully saturated rings. The average molecular weight is 397 g/mol. The third-order valence-corrected chi connectivity index (χ3v) is 4.78. The topological polar surface area (TPSA) is 57.6 Å². The van der Waals surface area contributed by atoms with Crippen LogP contribution in [0.15, 0.2) is 24.3 Å². The van der Waals surface area contributed by atoms with Gasteiger partial charge in [-0.2, -0.15) is 26.3 Å². The second-order valence-corrected chi connectivity index (χ2v) is 6.69. The molecule has 2 rings (SSSR count). The molecule has 27 heavy (non-hydrogen) atoms. The van der Waals surface area contributed by atoms with Gasteiger partial charge in [0.2, 0.25) is 5.91 Å². The van der Waals surface area contributed by atoms with Gasteiger partial charge in [0, 0.05) is 19.0 Å². The first-order chi connectivity index (χ1) is 12.3. The Morgan fingerprint density at radius 3 is 2.11 bits per heavy atom. The minimum absolute atomic E-state index is 0.0273. The summed E-state index contributed by atoms with van der Waals surface area (Å²) < 4.78 is 77.2. The Bertz CT molecular complexity index is 713. The molecule has 1 aromatic rings. The molecule has 1 saturated heterocycles. The van der Waals surface area contributed by atoms with Gasteiger partial charge in [0.25, 0.3) is 0 Å². The summed E-state index contributed by atoms with van der Waals surface area (Å²) in [5.74, 6) is -3.50. The van der Waals surface area contributed by atoms with E-state index in [-0.39, 0.29) is 13.0 Å². The van der Waals surface area contributed by atoms with Crippen molar-refractivity contribution in [3.05, 3.63) is 35.4 Å². The number of nitrogens with zero attached hydrogens (tertiary/aromatic N) is 1. The van der Waals surface area contributed by atoms with Crippen LogP contribution >= 0.6 is 0 Å². The first kappa shape index (κ1) is 21.0. The number of halogens is 6. The van der Waals surface area contributed by atoms with Crippen molar-refractivity contribution in [1.82, 2.24) is 4.90 Å². The van der Waals surface area contributed by atoms with Crippen molar-refractivity contribution >= 4 is 11.9 Å². The van der Waals surface area contributed by atoms with Crippen LogP contribution in [0.4, 0.5) is 26.3 Å². The predicted molar refractivity (Wildman–Crippen MR) is 81.6 cm³/mol. The number of amides is 1. The zero-order valence-corrected chi connectivity index (χ0v) is 14.2. The Hall–Kier alpha value is -2.26. The van der Waals surface area contributed by atoms with Gasteiger partial charge in [-0.15, -0.1) is 0 Å². The standard InChI is InChI=1S/C17H17F6NO3/c1-10(8-11-2-4-12(5-3-11)16(18,19)20)13(25)24-7-6-15(9-24,14(26)27)17(21,22)23/h2-5,10H,6-9H2,1H3,(H,26,27). The maximum absolute atomic E-state index is 13.2. The number of aliphatic carboxylic acids is 1. The highest BCUT2D eigenvalue weighted by molar-refractivity contribution is 5.82. The molecule has 1 aromatic carbocycles. The molecule has 2 atom stereocenters. The fourth-order valence-electron chi connectivity index (χ4n) is 3.11.